The fraction of sp³-hybridized carbons (Fsp3) is 0.0370. The Balaban J connectivity index is 1.06. The Morgan fingerprint density at radius 1 is 0.436 bits per heavy atom. The average molecular weight is 702 g/mol. The molecule has 0 spiro atoms. The minimum absolute atomic E-state index is 1.08. The first-order valence-corrected chi connectivity index (χ1v) is 19.2. The number of hydrogen-bond acceptors (Lipinski definition) is 1. The molecule has 1 heteroatoms. The predicted molar refractivity (Wildman–Crippen MR) is 237 cm³/mol. The van der Waals surface area contributed by atoms with E-state index in [0.29, 0.717) is 0 Å². The number of allylic oxidation sites excluding steroid dienone is 1. The first-order valence-electron chi connectivity index (χ1n) is 19.2. The Labute approximate surface area is 322 Å². The lowest BCUT2D eigenvalue weighted by atomic mass is 9.87. The summed E-state index contributed by atoms with van der Waals surface area (Å²) >= 11 is 0. The highest BCUT2D eigenvalue weighted by molar-refractivity contribution is 6.14. The molecule has 0 radical (unpaired) electrons. The average Bonchev–Trinajstić information content (AvgIpc) is 3.26. The lowest BCUT2D eigenvalue weighted by Gasteiger charge is -2.28. The Morgan fingerprint density at radius 2 is 1.07 bits per heavy atom. The van der Waals surface area contributed by atoms with Crippen molar-refractivity contribution in [2.24, 2.45) is 0 Å². The molecule has 0 N–H and O–H groups in total. The van der Waals surface area contributed by atoms with Gasteiger partial charge < -0.3 is 4.90 Å². The van der Waals surface area contributed by atoms with Crippen LogP contribution in [0.1, 0.15) is 28.7 Å². The molecule has 260 valence electrons. The molecule has 10 rings (SSSR count). The monoisotopic (exact) mass is 701 g/mol. The van der Waals surface area contributed by atoms with Crippen LogP contribution in [0.15, 0.2) is 194 Å². The summed E-state index contributed by atoms with van der Waals surface area (Å²) in [6, 6.07) is 68.4. The molecule has 0 saturated carbocycles. The van der Waals surface area contributed by atoms with E-state index in [1.54, 1.807) is 0 Å². The molecule has 1 aliphatic rings. The molecule has 55 heavy (non-hydrogen) atoms. The third-order valence-electron chi connectivity index (χ3n) is 11.1. The number of nitrogens with zero attached hydrogens (tertiary/aromatic N) is 1. The highest BCUT2D eigenvalue weighted by Crippen LogP contribution is 2.43. The van der Waals surface area contributed by atoms with Crippen LogP contribution in [-0.2, 0) is 6.42 Å². The van der Waals surface area contributed by atoms with E-state index in [9.17, 15) is 0 Å². The highest BCUT2D eigenvalue weighted by Gasteiger charge is 2.19. The Kier molecular flexibility index (Phi) is 8.39. The summed E-state index contributed by atoms with van der Waals surface area (Å²) in [6.45, 7) is 0. The molecule has 0 bridgehead atoms. The van der Waals surface area contributed by atoms with Crippen LogP contribution in [0.3, 0.4) is 0 Å². The summed E-state index contributed by atoms with van der Waals surface area (Å²) in [5.41, 5.74) is 13.4. The van der Waals surface area contributed by atoms with Crippen molar-refractivity contribution in [3.8, 4) is 22.3 Å². The minimum Gasteiger partial charge on any atom is -0.310 e. The molecule has 0 heterocycles. The van der Waals surface area contributed by atoms with Gasteiger partial charge in [0.25, 0.3) is 0 Å². The van der Waals surface area contributed by atoms with E-state index in [1.165, 1.54) is 71.3 Å². The second kappa shape index (κ2) is 14.1. The van der Waals surface area contributed by atoms with Gasteiger partial charge in [0.2, 0.25) is 0 Å². The van der Waals surface area contributed by atoms with Crippen molar-refractivity contribution >= 4 is 67.6 Å². The smallest absolute Gasteiger partial charge is 0.0540 e. The fourth-order valence-corrected chi connectivity index (χ4v) is 8.45. The van der Waals surface area contributed by atoms with Crippen LogP contribution in [-0.4, -0.2) is 0 Å². The van der Waals surface area contributed by atoms with Crippen LogP contribution < -0.4 is 4.90 Å². The minimum atomic E-state index is 1.08. The van der Waals surface area contributed by atoms with Crippen molar-refractivity contribution in [3.05, 3.63) is 216 Å². The largest absolute Gasteiger partial charge is 0.310 e. The van der Waals surface area contributed by atoms with Gasteiger partial charge in [0.05, 0.1) is 5.69 Å². The number of anilines is 3. The molecule has 0 saturated heterocycles. The van der Waals surface area contributed by atoms with Crippen LogP contribution >= 0.6 is 0 Å². The van der Waals surface area contributed by atoms with Gasteiger partial charge in [-0.15, -0.1) is 0 Å². The van der Waals surface area contributed by atoms with E-state index in [2.05, 4.69) is 217 Å². The summed E-state index contributed by atoms with van der Waals surface area (Å²) in [4.78, 5) is 2.40. The molecular formula is C54H39N. The lowest BCUT2D eigenvalue weighted by molar-refractivity contribution is 0.998. The Hall–Kier alpha value is -6.96. The van der Waals surface area contributed by atoms with E-state index in [0.717, 1.165) is 35.5 Å². The zero-order valence-corrected chi connectivity index (χ0v) is 30.6. The summed E-state index contributed by atoms with van der Waals surface area (Å²) in [7, 11) is 0. The number of benzene rings is 9. The van der Waals surface area contributed by atoms with E-state index in [1.807, 2.05) is 0 Å². The van der Waals surface area contributed by atoms with Crippen molar-refractivity contribution in [2.45, 2.75) is 12.8 Å². The van der Waals surface area contributed by atoms with Gasteiger partial charge in [0.1, 0.15) is 0 Å². The quantitative estimate of drug-likeness (QED) is 0.118. The van der Waals surface area contributed by atoms with Crippen molar-refractivity contribution in [1.82, 2.24) is 0 Å². The van der Waals surface area contributed by atoms with Crippen molar-refractivity contribution in [2.75, 3.05) is 4.90 Å². The van der Waals surface area contributed by atoms with E-state index >= 15 is 0 Å². The van der Waals surface area contributed by atoms with Crippen LogP contribution in [0.25, 0.3) is 72.8 Å². The first kappa shape index (κ1) is 32.7. The molecular weight excluding hydrogens is 663 g/mol. The molecule has 0 aromatic heterocycles. The zero-order chi connectivity index (χ0) is 36.6. The fourth-order valence-electron chi connectivity index (χ4n) is 8.45. The number of hydrogen-bond donors (Lipinski definition) is 0. The third kappa shape index (κ3) is 6.10. The number of aryl methyl sites for hydroxylation is 1. The van der Waals surface area contributed by atoms with Crippen LogP contribution in [0.5, 0.6) is 0 Å². The standard InChI is InChI=1S/C54H39N/c1-2-12-39(13-3-1)40-32-36-47(37-33-40)55(52-23-9-8-21-51(52)50-22-11-16-41-14-4-6-19-48(41)50)46-34-25-38(26-35-46)24-27-43-17-10-18-44-30-31-45-29-28-42-15-5-7-20-49(42)54(45)53(43)44/h1-6,8-19,21-37H,7,20H2. The van der Waals surface area contributed by atoms with Gasteiger partial charge in [-0.3, -0.25) is 0 Å². The van der Waals surface area contributed by atoms with Crippen molar-refractivity contribution in [1.29, 1.82) is 0 Å². The molecule has 0 aliphatic heterocycles. The summed E-state index contributed by atoms with van der Waals surface area (Å²) in [5, 5.41) is 7.82. The summed E-state index contributed by atoms with van der Waals surface area (Å²) in [6.07, 6.45) is 11.3. The molecule has 1 aliphatic carbocycles. The van der Waals surface area contributed by atoms with Crippen LogP contribution in [0, 0.1) is 0 Å². The van der Waals surface area contributed by atoms with Gasteiger partial charge in [-0.05, 0) is 114 Å². The van der Waals surface area contributed by atoms with Crippen LogP contribution in [0.2, 0.25) is 0 Å². The number of rotatable bonds is 7. The maximum Gasteiger partial charge on any atom is 0.0540 e. The van der Waals surface area contributed by atoms with Crippen LogP contribution in [0.4, 0.5) is 17.1 Å². The van der Waals surface area contributed by atoms with E-state index in [4.69, 9.17) is 0 Å². The Morgan fingerprint density at radius 3 is 1.93 bits per heavy atom. The second-order valence-corrected chi connectivity index (χ2v) is 14.4. The van der Waals surface area contributed by atoms with Gasteiger partial charge in [0, 0.05) is 16.9 Å². The third-order valence-corrected chi connectivity index (χ3v) is 11.1. The topological polar surface area (TPSA) is 3.24 Å². The molecule has 1 nitrogen and oxygen atoms in total. The lowest BCUT2D eigenvalue weighted by Crippen LogP contribution is -2.11. The molecule has 0 atom stereocenters. The van der Waals surface area contributed by atoms with E-state index < -0.39 is 0 Å². The maximum absolute atomic E-state index is 2.40. The molecule has 9 aromatic carbocycles. The Bertz CT molecular complexity index is 2890. The van der Waals surface area contributed by atoms with Crippen molar-refractivity contribution < 1.29 is 0 Å². The SMILES string of the molecule is C1=Cc2ccc3ccc4cccc(C=Cc5ccc(N(c6ccc(-c7ccccc7)cc6)c6ccccc6-c6cccc7ccccc67)cc5)c4c3c2CC1. The molecule has 9 aromatic rings. The maximum atomic E-state index is 2.40. The number of fused-ring (bicyclic) bond motifs is 6. The molecule has 0 fully saturated rings. The molecule has 0 amide bonds. The molecule has 0 unspecified atom stereocenters. The summed E-state index contributed by atoms with van der Waals surface area (Å²) < 4.78 is 0. The van der Waals surface area contributed by atoms with Gasteiger partial charge in [-0.2, -0.15) is 0 Å². The van der Waals surface area contributed by atoms with Crippen molar-refractivity contribution in [3.63, 3.8) is 0 Å². The zero-order valence-electron chi connectivity index (χ0n) is 30.6. The normalized spacial score (nSPS) is 12.4. The second-order valence-electron chi connectivity index (χ2n) is 14.4. The van der Waals surface area contributed by atoms with Gasteiger partial charge in [-0.1, -0.05) is 182 Å². The van der Waals surface area contributed by atoms with E-state index in [-0.39, 0.29) is 0 Å². The summed E-state index contributed by atoms with van der Waals surface area (Å²) in [5.74, 6) is 0. The first-order chi connectivity index (χ1) is 27.3. The van der Waals surface area contributed by atoms with Gasteiger partial charge in [0.15, 0.2) is 0 Å². The van der Waals surface area contributed by atoms with Gasteiger partial charge in [-0.25, -0.2) is 0 Å². The predicted octanol–water partition coefficient (Wildman–Crippen LogP) is 15.1. The number of para-hydroxylation sites is 1. The van der Waals surface area contributed by atoms with Gasteiger partial charge >= 0.3 is 0 Å². The highest BCUT2D eigenvalue weighted by atomic mass is 15.1.